The lowest BCUT2D eigenvalue weighted by molar-refractivity contribution is -0.192. The van der Waals surface area contributed by atoms with Gasteiger partial charge in [0, 0.05) is 17.5 Å². The number of rotatable bonds is 5. The molecule has 3 unspecified atom stereocenters. The highest BCUT2D eigenvalue weighted by molar-refractivity contribution is 6.33. The lowest BCUT2D eigenvalue weighted by Crippen LogP contribution is -2.52. The van der Waals surface area contributed by atoms with Gasteiger partial charge in [0.15, 0.2) is 11.5 Å². The van der Waals surface area contributed by atoms with E-state index in [1.54, 1.807) is 26.4 Å². The Morgan fingerprint density at radius 2 is 1.76 bits per heavy atom. The molecule has 4 rings (SSSR count). The van der Waals surface area contributed by atoms with Crippen molar-refractivity contribution in [2.24, 2.45) is 0 Å². The smallest absolute Gasteiger partial charge is 0.490 e. The standard InChI is InChI=1S/C24H30ClN3O3.C2HF3O2/c1-28-13-12-24(16-8-9-20(30-2)21(14-16)31-3)11-10-17(15-22(24)28)26-23(29)27-19-7-5-4-6-18(19)25;3-2(4,5)1(6)7/h4-9,14,17,22H,10-13,15H2,1-3H3,(H2,26,27,29);(H,6,7). The largest absolute Gasteiger partial charge is 0.493 e. The fourth-order valence-corrected chi connectivity index (χ4v) is 5.48. The van der Waals surface area contributed by atoms with Crippen molar-refractivity contribution in [2.75, 3.05) is 33.1 Å². The van der Waals surface area contributed by atoms with Gasteiger partial charge in [-0.3, -0.25) is 0 Å². The molecule has 38 heavy (non-hydrogen) atoms. The third-order valence-corrected chi connectivity index (χ3v) is 7.52. The van der Waals surface area contributed by atoms with Gasteiger partial charge in [-0.25, -0.2) is 9.59 Å². The number of carbonyl (C=O) groups excluding carboxylic acids is 1. The molecule has 1 saturated heterocycles. The number of halogens is 4. The van der Waals surface area contributed by atoms with Crippen LogP contribution in [0.2, 0.25) is 5.02 Å². The normalized spacial score (nSPS) is 22.9. The lowest BCUT2D eigenvalue weighted by atomic mass is 9.65. The van der Waals surface area contributed by atoms with Crippen molar-refractivity contribution < 1.29 is 37.3 Å². The summed E-state index contributed by atoms with van der Waals surface area (Å²) in [5.74, 6) is -1.24. The van der Waals surface area contributed by atoms with E-state index in [9.17, 15) is 18.0 Å². The monoisotopic (exact) mass is 557 g/mol. The molecule has 0 aromatic heterocycles. The number of likely N-dealkylation sites (N-methyl/N-ethyl adjacent to an activating group) is 1. The second-order valence-corrected chi connectivity index (χ2v) is 9.73. The first kappa shape index (κ1) is 29.4. The number of anilines is 1. The molecule has 1 aliphatic carbocycles. The number of nitrogens with one attached hydrogen (secondary N) is 2. The third kappa shape index (κ3) is 6.63. The summed E-state index contributed by atoms with van der Waals surface area (Å²) in [7, 11) is 5.52. The van der Waals surface area contributed by atoms with Gasteiger partial charge < -0.3 is 30.1 Å². The number of carbonyl (C=O) groups is 2. The van der Waals surface area contributed by atoms with E-state index in [0.717, 1.165) is 43.7 Å². The van der Waals surface area contributed by atoms with Crippen molar-refractivity contribution in [3.05, 3.63) is 53.1 Å². The van der Waals surface area contributed by atoms with E-state index in [1.165, 1.54) is 5.56 Å². The number of alkyl halides is 3. The highest BCUT2D eigenvalue weighted by Gasteiger charge is 2.50. The van der Waals surface area contributed by atoms with E-state index in [4.69, 9.17) is 31.0 Å². The molecule has 0 radical (unpaired) electrons. The Bertz CT molecular complexity index is 1150. The number of amides is 2. The molecule has 12 heteroatoms. The minimum Gasteiger partial charge on any atom is -0.493 e. The first-order chi connectivity index (χ1) is 17.9. The van der Waals surface area contributed by atoms with Crippen LogP contribution in [0.1, 0.15) is 31.2 Å². The van der Waals surface area contributed by atoms with Crippen LogP contribution < -0.4 is 20.1 Å². The number of hydrogen-bond acceptors (Lipinski definition) is 5. The molecule has 8 nitrogen and oxygen atoms in total. The number of para-hydroxylation sites is 1. The van der Waals surface area contributed by atoms with Crippen molar-refractivity contribution in [3.8, 4) is 11.5 Å². The average molecular weight is 558 g/mol. The Labute approximate surface area is 224 Å². The predicted octanol–water partition coefficient (Wildman–Crippen LogP) is 5.31. The number of hydrogen-bond donors (Lipinski definition) is 3. The third-order valence-electron chi connectivity index (χ3n) is 7.19. The van der Waals surface area contributed by atoms with E-state index in [2.05, 4.69) is 34.7 Å². The number of carboxylic acids is 1. The van der Waals surface area contributed by atoms with Gasteiger partial charge in [-0.15, -0.1) is 0 Å². The van der Waals surface area contributed by atoms with Gasteiger partial charge in [-0.2, -0.15) is 13.2 Å². The number of nitrogens with zero attached hydrogens (tertiary/aromatic N) is 1. The summed E-state index contributed by atoms with van der Waals surface area (Å²) in [6.45, 7) is 1.04. The fourth-order valence-electron chi connectivity index (χ4n) is 5.30. The lowest BCUT2D eigenvalue weighted by Gasteiger charge is -2.45. The van der Waals surface area contributed by atoms with Crippen LogP contribution in [-0.4, -0.2) is 68.1 Å². The van der Waals surface area contributed by atoms with Crippen molar-refractivity contribution >= 4 is 29.3 Å². The van der Waals surface area contributed by atoms with Crippen molar-refractivity contribution in [2.45, 2.75) is 49.4 Å². The zero-order chi connectivity index (χ0) is 28.1. The van der Waals surface area contributed by atoms with Crippen molar-refractivity contribution in [1.82, 2.24) is 10.2 Å². The molecule has 0 spiro atoms. The van der Waals surface area contributed by atoms with Gasteiger partial charge >= 0.3 is 18.2 Å². The first-order valence-corrected chi connectivity index (χ1v) is 12.3. The summed E-state index contributed by atoms with van der Waals surface area (Å²) in [5, 5.41) is 13.7. The molecule has 2 aromatic rings. The summed E-state index contributed by atoms with van der Waals surface area (Å²) >= 11 is 6.17. The van der Waals surface area contributed by atoms with Crippen LogP contribution in [0.4, 0.5) is 23.7 Å². The Morgan fingerprint density at radius 3 is 2.37 bits per heavy atom. The molecule has 3 atom stereocenters. The van der Waals surface area contributed by atoms with E-state index >= 15 is 0 Å². The SMILES string of the molecule is COc1ccc(C23CCC(NC(=O)Nc4ccccc4Cl)CC2N(C)CC3)cc1OC.O=C(O)C(F)(F)F. The number of methoxy groups -OCH3 is 2. The maximum Gasteiger partial charge on any atom is 0.490 e. The highest BCUT2D eigenvalue weighted by atomic mass is 35.5. The average Bonchev–Trinajstić information content (AvgIpc) is 3.21. The molecule has 1 saturated carbocycles. The predicted molar refractivity (Wildman–Crippen MR) is 137 cm³/mol. The molecule has 2 amide bonds. The van der Waals surface area contributed by atoms with Crippen molar-refractivity contribution in [3.63, 3.8) is 0 Å². The minimum absolute atomic E-state index is 0.0612. The number of benzene rings is 2. The summed E-state index contributed by atoms with van der Waals surface area (Å²) in [6.07, 6.45) is -1.15. The quantitative estimate of drug-likeness (QED) is 0.461. The number of fused-ring (bicyclic) bond motifs is 1. The Morgan fingerprint density at radius 1 is 1.11 bits per heavy atom. The summed E-state index contributed by atoms with van der Waals surface area (Å²) < 4.78 is 42.7. The zero-order valence-electron chi connectivity index (χ0n) is 21.3. The second kappa shape index (κ2) is 12.1. The van der Waals surface area contributed by atoms with Gasteiger partial charge in [-0.1, -0.05) is 29.8 Å². The molecule has 208 valence electrons. The summed E-state index contributed by atoms with van der Waals surface area (Å²) in [4.78, 5) is 23.9. The molecule has 2 aromatic carbocycles. The van der Waals surface area contributed by atoms with Crippen LogP contribution in [0.3, 0.4) is 0 Å². The minimum atomic E-state index is -5.08. The maximum atomic E-state index is 12.6. The summed E-state index contributed by atoms with van der Waals surface area (Å²) in [6, 6.07) is 13.8. The van der Waals surface area contributed by atoms with Crippen LogP contribution in [0.15, 0.2) is 42.5 Å². The Kier molecular flexibility index (Phi) is 9.37. The Hall–Kier alpha value is -3.18. The second-order valence-electron chi connectivity index (χ2n) is 9.32. The fraction of sp³-hybridized carbons (Fsp3) is 0.462. The van der Waals surface area contributed by atoms with Gasteiger partial charge in [0.05, 0.1) is 24.9 Å². The molecule has 3 N–H and O–H groups in total. The van der Waals surface area contributed by atoms with E-state index in [-0.39, 0.29) is 17.5 Å². The number of ether oxygens (including phenoxy) is 2. The number of urea groups is 1. The molecular weight excluding hydrogens is 527 g/mol. The maximum absolute atomic E-state index is 12.6. The first-order valence-electron chi connectivity index (χ1n) is 12.0. The number of likely N-dealkylation sites (tertiary alicyclic amines) is 1. The van der Waals surface area contributed by atoms with E-state index < -0.39 is 12.1 Å². The van der Waals surface area contributed by atoms with Crippen LogP contribution in [0.25, 0.3) is 0 Å². The van der Waals surface area contributed by atoms with E-state index in [1.807, 2.05) is 18.2 Å². The molecular formula is C26H31ClF3N3O5. The Balaban J connectivity index is 0.000000505. The van der Waals surface area contributed by atoms with E-state index in [0.29, 0.717) is 16.8 Å². The van der Waals surface area contributed by atoms with Gasteiger partial charge in [-0.05, 0) is 69.1 Å². The van der Waals surface area contributed by atoms with Gasteiger partial charge in [0.25, 0.3) is 0 Å². The number of carboxylic acid groups (broad SMARTS) is 1. The van der Waals surface area contributed by atoms with Gasteiger partial charge in [0.2, 0.25) is 0 Å². The van der Waals surface area contributed by atoms with Crippen LogP contribution in [-0.2, 0) is 10.2 Å². The number of aliphatic carboxylic acids is 1. The highest BCUT2D eigenvalue weighted by Crippen LogP contribution is 2.49. The molecule has 2 fully saturated rings. The van der Waals surface area contributed by atoms with Crippen LogP contribution in [0.5, 0.6) is 11.5 Å². The topological polar surface area (TPSA) is 100 Å². The van der Waals surface area contributed by atoms with Crippen LogP contribution in [0, 0.1) is 0 Å². The molecule has 1 heterocycles. The zero-order valence-corrected chi connectivity index (χ0v) is 22.0. The van der Waals surface area contributed by atoms with Gasteiger partial charge in [0.1, 0.15) is 0 Å². The van der Waals surface area contributed by atoms with Crippen molar-refractivity contribution in [1.29, 1.82) is 0 Å². The molecule has 1 aliphatic heterocycles. The summed E-state index contributed by atoms with van der Waals surface area (Å²) in [5.41, 5.74) is 1.97. The van der Waals surface area contributed by atoms with Crippen LogP contribution >= 0.6 is 11.6 Å². The molecule has 0 bridgehead atoms. The molecule has 2 aliphatic rings.